The maximum atomic E-state index is 2.48. The van der Waals surface area contributed by atoms with Gasteiger partial charge in [-0.05, 0) is 48.9 Å². The molecule has 0 aromatic heterocycles. The Hall–Kier alpha value is -0.260. The van der Waals surface area contributed by atoms with Crippen molar-refractivity contribution in [2.45, 2.75) is 60.8 Å². The molecule has 0 saturated heterocycles. The molecule has 3 unspecified atom stereocenters. The van der Waals surface area contributed by atoms with Crippen molar-refractivity contribution in [1.29, 1.82) is 0 Å². The third-order valence-electron chi connectivity index (χ3n) is 4.09. The normalized spacial score (nSPS) is 33.3. The van der Waals surface area contributed by atoms with Gasteiger partial charge in [0.25, 0.3) is 0 Å². The molecular weight excluding hydrogens is 180 g/mol. The van der Waals surface area contributed by atoms with Gasteiger partial charge in [0.2, 0.25) is 0 Å². The van der Waals surface area contributed by atoms with E-state index in [-0.39, 0.29) is 0 Å². The lowest BCUT2D eigenvalue weighted by atomic mass is 9.82. The molecule has 0 N–H and O–H groups in total. The molecule has 1 fully saturated rings. The quantitative estimate of drug-likeness (QED) is 0.567. The average molecular weight is 208 g/mol. The highest BCUT2D eigenvalue weighted by atomic mass is 14.6. The maximum Gasteiger partial charge on any atom is -0.0262 e. The Kier molecular flexibility index (Phi) is 3.68. The van der Waals surface area contributed by atoms with Gasteiger partial charge in [0, 0.05) is 0 Å². The van der Waals surface area contributed by atoms with E-state index in [0.29, 0.717) is 10.8 Å². The fraction of sp³-hybridized carbons (Fsp3) is 0.867. The Balaban J connectivity index is 2.36. The molecule has 1 rings (SSSR count). The monoisotopic (exact) mass is 208 g/mol. The molecule has 1 aliphatic rings. The van der Waals surface area contributed by atoms with Gasteiger partial charge in [0.05, 0.1) is 0 Å². The summed E-state index contributed by atoms with van der Waals surface area (Å²) in [4.78, 5) is 0. The van der Waals surface area contributed by atoms with E-state index in [1.807, 2.05) is 0 Å². The summed E-state index contributed by atoms with van der Waals surface area (Å²) in [6.07, 6.45) is 8.71. The smallest absolute Gasteiger partial charge is 0.0262 e. The van der Waals surface area contributed by atoms with Crippen molar-refractivity contribution < 1.29 is 0 Å². The summed E-state index contributed by atoms with van der Waals surface area (Å²) in [6.45, 7) is 14.1. The van der Waals surface area contributed by atoms with Crippen LogP contribution >= 0.6 is 0 Å². The predicted octanol–water partition coefficient (Wildman–Crippen LogP) is 5.05. The second-order valence-electron chi connectivity index (χ2n) is 6.82. The van der Waals surface area contributed by atoms with Gasteiger partial charge >= 0.3 is 0 Å². The molecule has 0 nitrogen and oxygen atoms in total. The van der Waals surface area contributed by atoms with Crippen LogP contribution in [-0.2, 0) is 0 Å². The van der Waals surface area contributed by atoms with Crippen LogP contribution in [0.2, 0.25) is 0 Å². The first-order valence-electron chi connectivity index (χ1n) is 6.42. The average Bonchev–Trinajstić information content (AvgIpc) is 2.76. The highest BCUT2D eigenvalue weighted by Crippen LogP contribution is 2.63. The van der Waals surface area contributed by atoms with E-state index >= 15 is 0 Å². The Morgan fingerprint density at radius 2 is 2.00 bits per heavy atom. The highest BCUT2D eigenvalue weighted by molar-refractivity contribution is 5.04. The third-order valence-corrected chi connectivity index (χ3v) is 4.09. The van der Waals surface area contributed by atoms with Gasteiger partial charge in [0.15, 0.2) is 0 Å². The Bertz CT molecular complexity index is 231. The summed E-state index contributed by atoms with van der Waals surface area (Å²) in [7, 11) is 0. The molecule has 0 spiro atoms. The standard InChI is InChI=1S/C15H28/c1-7-8-12(2)9-10-15(6)11-13(15)14(3,4)5/h7-8,12-13H,9-11H2,1-6H3. The summed E-state index contributed by atoms with van der Waals surface area (Å²) in [6, 6.07) is 0. The van der Waals surface area contributed by atoms with Crippen molar-refractivity contribution in [2.75, 3.05) is 0 Å². The van der Waals surface area contributed by atoms with Crippen molar-refractivity contribution in [1.82, 2.24) is 0 Å². The lowest BCUT2D eigenvalue weighted by Crippen LogP contribution is -2.14. The van der Waals surface area contributed by atoms with Gasteiger partial charge in [-0.3, -0.25) is 0 Å². The zero-order valence-corrected chi connectivity index (χ0v) is 11.4. The van der Waals surface area contributed by atoms with Gasteiger partial charge in [0.1, 0.15) is 0 Å². The Labute approximate surface area is 96.2 Å². The maximum absolute atomic E-state index is 2.48. The van der Waals surface area contributed by atoms with E-state index in [2.05, 4.69) is 53.7 Å². The lowest BCUT2D eigenvalue weighted by molar-refractivity contribution is 0.274. The first-order chi connectivity index (χ1) is 6.79. The molecule has 15 heavy (non-hydrogen) atoms. The van der Waals surface area contributed by atoms with Crippen molar-refractivity contribution in [3.8, 4) is 0 Å². The molecule has 1 saturated carbocycles. The molecule has 88 valence electrons. The second-order valence-corrected chi connectivity index (χ2v) is 6.82. The molecule has 0 heteroatoms. The molecule has 1 aliphatic carbocycles. The van der Waals surface area contributed by atoms with E-state index in [1.165, 1.54) is 19.3 Å². The second kappa shape index (κ2) is 4.31. The van der Waals surface area contributed by atoms with Gasteiger partial charge in [-0.1, -0.05) is 46.8 Å². The summed E-state index contributed by atoms with van der Waals surface area (Å²) in [5.74, 6) is 1.70. The number of rotatable bonds is 4. The highest BCUT2D eigenvalue weighted by Gasteiger charge is 2.54. The fourth-order valence-electron chi connectivity index (χ4n) is 3.02. The van der Waals surface area contributed by atoms with Gasteiger partial charge in [-0.25, -0.2) is 0 Å². The Morgan fingerprint density at radius 1 is 1.40 bits per heavy atom. The van der Waals surface area contributed by atoms with Crippen LogP contribution in [0.15, 0.2) is 12.2 Å². The van der Waals surface area contributed by atoms with Crippen molar-refractivity contribution in [3.05, 3.63) is 12.2 Å². The SMILES string of the molecule is CC=CC(C)CCC1(C)CC1C(C)(C)C. The number of hydrogen-bond acceptors (Lipinski definition) is 0. The minimum absolute atomic E-state index is 0.512. The summed E-state index contributed by atoms with van der Waals surface area (Å²) < 4.78 is 0. The van der Waals surface area contributed by atoms with Crippen molar-refractivity contribution in [3.63, 3.8) is 0 Å². The van der Waals surface area contributed by atoms with E-state index in [0.717, 1.165) is 11.8 Å². The molecule has 0 heterocycles. The number of allylic oxidation sites excluding steroid dienone is 2. The van der Waals surface area contributed by atoms with E-state index in [4.69, 9.17) is 0 Å². The summed E-state index contributed by atoms with van der Waals surface area (Å²) >= 11 is 0. The van der Waals surface area contributed by atoms with Crippen molar-refractivity contribution >= 4 is 0 Å². The van der Waals surface area contributed by atoms with Crippen LogP contribution in [-0.4, -0.2) is 0 Å². The predicted molar refractivity (Wildman–Crippen MR) is 68.9 cm³/mol. The molecule has 3 atom stereocenters. The van der Waals surface area contributed by atoms with Gasteiger partial charge < -0.3 is 0 Å². The largest absolute Gasteiger partial charge is 0.0914 e. The molecule has 0 radical (unpaired) electrons. The summed E-state index contributed by atoms with van der Waals surface area (Å²) in [5, 5.41) is 0. The molecule has 0 bridgehead atoms. The van der Waals surface area contributed by atoms with Crippen LogP contribution in [0.1, 0.15) is 60.8 Å². The topological polar surface area (TPSA) is 0 Å². The minimum atomic E-state index is 0.512. The minimum Gasteiger partial charge on any atom is -0.0914 e. The van der Waals surface area contributed by atoms with Crippen molar-refractivity contribution in [2.24, 2.45) is 22.7 Å². The zero-order chi connectivity index (χ0) is 11.7. The Morgan fingerprint density at radius 3 is 2.40 bits per heavy atom. The summed E-state index contributed by atoms with van der Waals surface area (Å²) in [5.41, 5.74) is 1.16. The van der Waals surface area contributed by atoms with E-state index in [1.54, 1.807) is 0 Å². The van der Waals surface area contributed by atoms with Crippen LogP contribution in [0, 0.1) is 22.7 Å². The van der Waals surface area contributed by atoms with E-state index < -0.39 is 0 Å². The first kappa shape index (κ1) is 12.8. The first-order valence-corrected chi connectivity index (χ1v) is 6.42. The van der Waals surface area contributed by atoms with Crippen LogP contribution in [0.5, 0.6) is 0 Å². The zero-order valence-electron chi connectivity index (χ0n) is 11.4. The molecule has 0 aromatic rings. The van der Waals surface area contributed by atoms with Crippen LogP contribution in [0.4, 0.5) is 0 Å². The van der Waals surface area contributed by atoms with Gasteiger partial charge in [-0.15, -0.1) is 0 Å². The molecule has 0 aromatic carbocycles. The molecule has 0 amide bonds. The molecular formula is C15H28. The number of hydrogen-bond donors (Lipinski definition) is 0. The lowest BCUT2D eigenvalue weighted by Gasteiger charge is -2.23. The molecule has 0 aliphatic heterocycles. The van der Waals surface area contributed by atoms with Crippen LogP contribution < -0.4 is 0 Å². The van der Waals surface area contributed by atoms with E-state index in [9.17, 15) is 0 Å². The fourth-order valence-corrected chi connectivity index (χ4v) is 3.02. The third kappa shape index (κ3) is 3.36. The van der Waals surface area contributed by atoms with Crippen LogP contribution in [0.25, 0.3) is 0 Å². The van der Waals surface area contributed by atoms with Crippen LogP contribution in [0.3, 0.4) is 0 Å². The van der Waals surface area contributed by atoms with Gasteiger partial charge in [-0.2, -0.15) is 0 Å².